The van der Waals surface area contributed by atoms with Crippen molar-refractivity contribution >= 4 is 23.3 Å². The molecule has 0 aliphatic rings. The lowest BCUT2D eigenvalue weighted by molar-refractivity contribution is 0.355. The summed E-state index contributed by atoms with van der Waals surface area (Å²) in [5.41, 5.74) is 1.78. The number of nitrogens with one attached hydrogen (secondary N) is 1. The quantitative estimate of drug-likeness (QED) is 0.739. The van der Waals surface area contributed by atoms with Gasteiger partial charge in [-0.15, -0.1) is 0 Å². The summed E-state index contributed by atoms with van der Waals surface area (Å²) in [4.78, 5) is 14.8. The zero-order valence-electron chi connectivity index (χ0n) is 14.3. The molecular weight excluding hydrogens is 318 g/mol. The smallest absolute Gasteiger partial charge is 0.234 e. The number of nitrogens with zero attached hydrogens (tertiary/aromatic N) is 4. The molecule has 1 heterocycles. The molecule has 0 fully saturated rings. The molecule has 2 aromatic carbocycles. The zero-order valence-corrected chi connectivity index (χ0v) is 14.3. The van der Waals surface area contributed by atoms with Gasteiger partial charge in [-0.25, -0.2) is 9.97 Å². The molecule has 1 N–H and O–H groups in total. The Morgan fingerprint density at radius 1 is 0.920 bits per heavy atom. The lowest BCUT2D eigenvalue weighted by atomic mass is 10.3. The van der Waals surface area contributed by atoms with Crippen LogP contribution in [-0.2, 0) is 0 Å². The van der Waals surface area contributed by atoms with Gasteiger partial charge in [0.1, 0.15) is 6.33 Å². The fraction of sp³-hybridized carbons (Fsp3) is 0.167. The molecule has 0 aliphatic carbocycles. The van der Waals surface area contributed by atoms with Crippen molar-refractivity contribution in [3.05, 3.63) is 54.9 Å². The highest BCUT2D eigenvalue weighted by atomic mass is 16.5. The van der Waals surface area contributed by atoms with Crippen LogP contribution in [0.1, 0.15) is 0 Å². The van der Waals surface area contributed by atoms with Crippen LogP contribution < -0.4 is 19.7 Å². The standard InChI is InChI=1S/C18H19N5O2/c1-23(14-7-5-4-6-8-14)18-20-12-19-17(22-18)21-13-9-10-15(24-2)16(11-13)25-3/h4-12H,1-3H3,(H,19,20,21,22). The molecule has 0 radical (unpaired) electrons. The first-order valence-corrected chi connectivity index (χ1v) is 7.68. The maximum atomic E-state index is 5.31. The van der Waals surface area contributed by atoms with Crippen molar-refractivity contribution in [1.29, 1.82) is 0 Å². The molecule has 0 saturated heterocycles. The number of anilines is 4. The Balaban J connectivity index is 1.82. The Bertz CT molecular complexity index is 842. The maximum absolute atomic E-state index is 5.31. The van der Waals surface area contributed by atoms with Gasteiger partial charge < -0.3 is 19.7 Å². The van der Waals surface area contributed by atoms with E-state index < -0.39 is 0 Å². The highest BCUT2D eigenvalue weighted by Gasteiger charge is 2.10. The zero-order chi connectivity index (χ0) is 17.6. The summed E-state index contributed by atoms with van der Waals surface area (Å²) in [5, 5.41) is 3.15. The van der Waals surface area contributed by atoms with Crippen LogP contribution in [0.25, 0.3) is 0 Å². The number of benzene rings is 2. The van der Waals surface area contributed by atoms with Crippen LogP contribution >= 0.6 is 0 Å². The van der Waals surface area contributed by atoms with E-state index in [9.17, 15) is 0 Å². The van der Waals surface area contributed by atoms with Gasteiger partial charge in [0.2, 0.25) is 11.9 Å². The van der Waals surface area contributed by atoms with Crippen molar-refractivity contribution in [1.82, 2.24) is 15.0 Å². The first-order chi connectivity index (χ1) is 12.2. The second kappa shape index (κ2) is 7.48. The molecule has 0 saturated carbocycles. The predicted octanol–water partition coefficient (Wildman–Crippen LogP) is 3.40. The highest BCUT2D eigenvalue weighted by molar-refractivity contribution is 5.61. The van der Waals surface area contributed by atoms with Gasteiger partial charge >= 0.3 is 0 Å². The van der Waals surface area contributed by atoms with Crippen LogP contribution in [0.3, 0.4) is 0 Å². The summed E-state index contributed by atoms with van der Waals surface area (Å²) >= 11 is 0. The van der Waals surface area contributed by atoms with Crippen LogP contribution in [0.2, 0.25) is 0 Å². The van der Waals surface area contributed by atoms with E-state index >= 15 is 0 Å². The number of ether oxygens (including phenoxy) is 2. The van der Waals surface area contributed by atoms with Gasteiger partial charge in [-0.05, 0) is 24.3 Å². The summed E-state index contributed by atoms with van der Waals surface area (Å²) in [6.07, 6.45) is 1.48. The van der Waals surface area contributed by atoms with Crippen molar-refractivity contribution in [3.63, 3.8) is 0 Å². The Morgan fingerprint density at radius 2 is 1.68 bits per heavy atom. The maximum Gasteiger partial charge on any atom is 0.234 e. The molecule has 0 amide bonds. The van der Waals surface area contributed by atoms with Gasteiger partial charge in [0.05, 0.1) is 14.2 Å². The molecule has 1 aromatic heterocycles. The average Bonchev–Trinajstić information content (AvgIpc) is 2.68. The lowest BCUT2D eigenvalue weighted by Gasteiger charge is -2.17. The topological polar surface area (TPSA) is 72.4 Å². The molecule has 25 heavy (non-hydrogen) atoms. The van der Waals surface area contributed by atoms with E-state index in [1.54, 1.807) is 14.2 Å². The van der Waals surface area contributed by atoms with Gasteiger partial charge in [0.15, 0.2) is 11.5 Å². The molecule has 128 valence electrons. The molecule has 3 aromatic rings. The number of hydrogen-bond donors (Lipinski definition) is 1. The minimum atomic E-state index is 0.444. The largest absolute Gasteiger partial charge is 0.493 e. The van der Waals surface area contributed by atoms with Gasteiger partial charge in [-0.1, -0.05) is 18.2 Å². The van der Waals surface area contributed by atoms with Crippen LogP contribution in [0.15, 0.2) is 54.9 Å². The SMILES string of the molecule is COc1ccc(Nc2ncnc(N(C)c3ccccc3)n2)cc1OC. The van der Waals surface area contributed by atoms with E-state index in [0.29, 0.717) is 23.4 Å². The second-order valence-corrected chi connectivity index (χ2v) is 5.20. The number of hydrogen-bond acceptors (Lipinski definition) is 7. The van der Waals surface area contributed by atoms with Gasteiger partial charge in [0, 0.05) is 24.5 Å². The Morgan fingerprint density at radius 3 is 2.40 bits per heavy atom. The molecule has 0 aliphatic heterocycles. The molecule has 0 spiro atoms. The van der Waals surface area contributed by atoms with E-state index in [4.69, 9.17) is 9.47 Å². The molecule has 0 atom stereocenters. The number of methoxy groups -OCH3 is 2. The summed E-state index contributed by atoms with van der Waals surface area (Å²) in [7, 11) is 5.10. The fourth-order valence-corrected chi connectivity index (χ4v) is 2.32. The first kappa shape index (κ1) is 16.5. The van der Waals surface area contributed by atoms with Crippen LogP contribution in [0.5, 0.6) is 11.5 Å². The number of aromatic nitrogens is 3. The van der Waals surface area contributed by atoms with Gasteiger partial charge in [0.25, 0.3) is 0 Å². The van der Waals surface area contributed by atoms with Crippen LogP contribution in [0, 0.1) is 0 Å². The molecular formula is C18H19N5O2. The van der Waals surface area contributed by atoms with E-state index in [1.807, 2.05) is 60.5 Å². The van der Waals surface area contributed by atoms with Crippen molar-refractivity contribution in [2.75, 3.05) is 31.5 Å². The average molecular weight is 337 g/mol. The minimum Gasteiger partial charge on any atom is -0.493 e. The second-order valence-electron chi connectivity index (χ2n) is 5.20. The van der Waals surface area contributed by atoms with E-state index in [2.05, 4.69) is 20.3 Å². The Hall–Kier alpha value is -3.35. The van der Waals surface area contributed by atoms with E-state index in [-0.39, 0.29) is 0 Å². The number of para-hydroxylation sites is 1. The molecule has 0 bridgehead atoms. The summed E-state index contributed by atoms with van der Waals surface area (Å²) in [5.74, 6) is 2.28. The monoisotopic (exact) mass is 337 g/mol. The third-order valence-corrected chi connectivity index (χ3v) is 3.64. The van der Waals surface area contributed by atoms with Gasteiger partial charge in [-0.3, -0.25) is 0 Å². The third kappa shape index (κ3) is 3.77. The van der Waals surface area contributed by atoms with Gasteiger partial charge in [-0.2, -0.15) is 4.98 Å². The number of rotatable bonds is 6. The summed E-state index contributed by atoms with van der Waals surface area (Å²) < 4.78 is 10.5. The normalized spacial score (nSPS) is 10.2. The first-order valence-electron chi connectivity index (χ1n) is 7.68. The highest BCUT2D eigenvalue weighted by Crippen LogP contribution is 2.30. The summed E-state index contributed by atoms with van der Waals surface area (Å²) in [6, 6.07) is 15.4. The van der Waals surface area contributed by atoms with Crippen LogP contribution in [-0.4, -0.2) is 36.2 Å². The predicted molar refractivity (Wildman–Crippen MR) is 97.2 cm³/mol. The van der Waals surface area contributed by atoms with Crippen molar-refractivity contribution in [2.24, 2.45) is 0 Å². The van der Waals surface area contributed by atoms with E-state index in [0.717, 1.165) is 11.4 Å². The molecule has 0 unspecified atom stereocenters. The summed E-state index contributed by atoms with van der Waals surface area (Å²) in [6.45, 7) is 0. The molecule has 7 heteroatoms. The van der Waals surface area contributed by atoms with Crippen molar-refractivity contribution < 1.29 is 9.47 Å². The van der Waals surface area contributed by atoms with E-state index in [1.165, 1.54) is 6.33 Å². The molecule has 3 rings (SSSR count). The van der Waals surface area contributed by atoms with Crippen LogP contribution in [0.4, 0.5) is 23.3 Å². The third-order valence-electron chi connectivity index (χ3n) is 3.64. The minimum absolute atomic E-state index is 0.444. The Kier molecular flexibility index (Phi) is 4.94. The van der Waals surface area contributed by atoms with Crippen molar-refractivity contribution in [3.8, 4) is 11.5 Å². The fourth-order valence-electron chi connectivity index (χ4n) is 2.32. The van der Waals surface area contributed by atoms with Crippen molar-refractivity contribution in [2.45, 2.75) is 0 Å². The molecule has 7 nitrogen and oxygen atoms in total. The lowest BCUT2D eigenvalue weighted by Crippen LogP contribution is -2.14. The Labute approximate surface area is 146 Å².